The van der Waals surface area contributed by atoms with Gasteiger partial charge in [-0.1, -0.05) is 26.0 Å². The van der Waals surface area contributed by atoms with E-state index in [2.05, 4.69) is 0 Å². The lowest BCUT2D eigenvalue weighted by Gasteiger charge is -2.18. The molecule has 1 unspecified atom stereocenters. The van der Waals surface area contributed by atoms with Crippen molar-refractivity contribution in [1.29, 1.82) is 0 Å². The van der Waals surface area contributed by atoms with Crippen LogP contribution in [0.2, 0.25) is 0 Å². The minimum absolute atomic E-state index is 0.0661. The molecular formula is C24H20F4O2. The lowest BCUT2D eigenvalue weighted by molar-refractivity contribution is -0.139. The first-order chi connectivity index (χ1) is 14.1. The van der Waals surface area contributed by atoms with Crippen molar-refractivity contribution in [3.05, 3.63) is 83.4 Å². The van der Waals surface area contributed by atoms with Gasteiger partial charge < -0.3 is 5.11 Å². The molecule has 30 heavy (non-hydrogen) atoms. The third-order valence-corrected chi connectivity index (χ3v) is 4.75. The zero-order valence-electron chi connectivity index (χ0n) is 16.4. The third-order valence-electron chi connectivity index (χ3n) is 4.75. The van der Waals surface area contributed by atoms with Gasteiger partial charge in [0.05, 0.1) is 5.92 Å². The first kappa shape index (κ1) is 21.6. The zero-order chi connectivity index (χ0) is 22.0. The number of rotatable bonds is 6. The zero-order valence-corrected chi connectivity index (χ0v) is 16.4. The predicted molar refractivity (Wildman–Crippen MR) is 107 cm³/mol. The summed E-state index contributed by atoms with van der Waals surface area (Å²) in [5, 5.41) is 9.73. The number of carboxylic acid groups (broad SMARTS) is 1. The van der Waals surface area contributed by atoms with Crippen molar-refractivity contribution in [1.82, 2.24) is 0 Å². The average Bonchev–Trinajstić information content (AvgIpc) is 2.64. The van der Waals surface area contributed by atoms with E-state index >= 15 is 0 Å². The maximum Gasteiger partial charge on any atom is 0.310 e. The number of aliphatic carboxylic acids is 1. The molecule has 0 aliphatic rings. The van der Waals surface area contributed by atoms with Crippen LogP contribution < -0.4 is 0 Å². The maximum absolute atomic E-state index is 13.8. The van der Waals surface area contributed by atoms with Crippen molar-refractivity contribution in [3.63, 3.8) is 0 Å². The molecule has 0 aliphatic heterocycles. The van der Waals surface area contributed by atoms with E-state index in [1.54, 1.807) is 12.1 Å². The van der Waals surface area contributed by atoms with Gasteiger partial charge in [0.15, 0.2) is 0 Å². The molecule has 6 heteroatoms. The highest BCUT2D eigenvalue weighted by Crippen LogP contribution is 2.34. The fourth-order valence-electron chi connectivity index (χ4n) is 3.48. The summed E-state index contributed by atoms with van der Waals surface area (Å²) in [6, 6.07) is 10.6. The molecule has 1 N–H and O–H groups in total. The van der Waals surface area contributed by atoms with Crippen molar-refractivity contribution >= 4 is 5.97 Å². The second-order valence-corrected chi connectivity index (χ2v) is 7.68. The van der Waals surface area contributed by atoms with Gasteiger partial charge in [0.1, 0.15) is 23.3 Å². The molecule has 0 aliphatic carbocycles. The molecule has 0 aromatic heterocycles. The van der Waals surface area contributed by atoms with Crippen LogP contribution >= 0.6 is 0 Å². The van der Waals surface area contributed by atoms with E-state index < -0.39 is 35.2 Å². The lowest BCUT2D eigenvalue weighted by atomic mass is 9.86. The smallest absolute Gasteiger partial charge is 0.310 e. The van der Waals surface area contributed by atoms with Crippen molar-refractivity contribution < 1.29 is 27.5 Å². The van der Waals surface area contributed by atoms with Crippen LogP contribution in [-0.2, 0) is 4.79 Å². The van der Waals surface area contributed by atoms with E-state index in [1.165, 1.54) is 6.07 Å². The summed E-state index contributed by atoms with van der Waals surface area (Å²) in [7, 11) is 0. The molecule has 0 heterocycles. The molecule has 1 atom stereocenters. The first-order valence-electron chi connectivity index (χ1n) is 9.43. The fourth-order valence-corrected chi connectivity index (χ4v) is 3.48. The molecule has 0 saturated carbocycles. The van der Waals surface area contributed by atoms with Crippen LogP contribution in [-0.4, -0.2) is 11.1 Å². The molecule has 0 amide bonds. The maximum atomic E-state index is 13.8. The third kappa shape index (κ3) is 5.06. The molecule has 3 aromatic carbocycles. The fraction of sp³-hybridized carbons (Fsp3) is 0.208. The van der Waals surface area contributed by atoms with E-state index in [9.17, 15) is 27.5 Å². The summed E-state index contributed by atoms with van der Waals surface area (Å²) in [5.74, 6) is -5.02. The highest BCUT2D eigenvalue weighted by Gasteiger charge is 2.23. The SMILES string of the molecule is CC(C)CC(C(=O)O)c1cc(-c2cc(F)cc(F)c2)cc(-c2cc(F)cc(F)c2)c1. The van der Waals surface area contributed by atoms with E-state index in [4.69, 9.17) is 0 Å². The van der Waals surface area contributed by atoms with Crippen molar-refractivity contribution in [2.75, 3.05) is 0 Å². The Morgan fingerprint density at radius 1 is 0.700 bits per heavy atom. The van der Waals surface area contributed by atoms with Crippen molar-refractivity contribution in [2.24, 2.45) is 5.92 Å². The summed E-state index contributed by atoms with van der Waals surface area (Å²) in [5.41, 5.74) is 1.47. The minimum Gasteiger partial charge on any atom is -0.481 e. The minimum atomic E-state index is -1.05. The second-order valence-electron chi connectivity index (χ2n) is 7.68. The van der Waals surface area contributed by atoms with Crippen LogP contribution in [0.3, 0.4) is 0 Å². The van der Waals surface area contributed by atoms with Gasteiger partial charge >= 0.3 is 5.97 Å². The standard InChI is InChI=1S/C24H20F4O2/c1-13(2)3-23(24(29)30)18-5-14(16-7-19(25)11-20(26)8-16)4-15(6-18)17-9-21(27)12-22(28)10-17/h4-13,23H,3H2,1-2H3,(H,29,30). The molecule has 0 radical (unpaired) electrons. The highest BCUT2D eigenvalue weighted by molar-refractivity contribution is 5.80. The number of hydrogen-bond acceptors (Lipinski definition) is 1. The Morgan fingerprint density at radius 3 is 1.40 bits per heavy atom. The Labute approximate surface area is 171 Å². The van der Waals surface area contributed by atoms with Gasteiger partial charge in [0.25, 0.3) is 0 Å². The molecule has 0 saturated heterocycles. The van der Waals surface area contributed by atoms with Crippen LogP contribution in [0.1, 0.15) is 31.7 Å². The molecule has 3 aromatic rings. The van der Waals surface area contributed by atoms with Crippen molar-refractivity contribution in [2.45, 2.75) is 26.2 Å². The van der Waals surface area contributed by atoms with Crippen molar-refractivity contribution in [3.8, 4) is 22.3 Å². The van der Waals surface area contributed by atoms with E-state index in [1.807, 2.05) is 13.8 Å². The van der Waals surface area contributed by atoms with Gasteiger partial charge in [0.2, 0.25) is 0 Å². The Kier molecular flexibility index (Phi) is 6.25. The topological polar surface area (TPSA) is 37.3 Å². The molecule has 0 spiro atoms. The summed E-state index contributed by atoms with van der Waals surface area (Å²) >= 11 is 0. The Morgan fingerprint density at radius 2 is 1.07 bits per heavy atom. The molecule has 3 rings (SSSR count). The monoisotopic (exact) mass is 416 g/mol. The number of halogens is 4. The summed E-state index contributed by atoms with van der Waals surface area (Å²) < 4.78 is 55.1. The molecule has 2 nitrogen and oxygen atoms in total. The van der Waals surface area contributed by atoms with E-state index in [0.29, 0.717) is 23.1 Å². The van der Waals surface area contributed by atoms with Crippen LogP contribution in [0, 0.1) is 29.2 Å². The van der Waals surface area contributed by atoms with E-state index in [-0.39, 0.29) is 17.0 Å². The van der Waals surface area contributed by atoms with Gasteiger partial charge in [0, 0.05) is 12.1 Å². The number of carboxylic acids is 1. The first-order valence-corrected chi connectivity index (χ1v) is 9.43. The quantitative estimate of drug-likeness (QED) is 0.449. The molecular weight excluding hydrogens is 396 g/mol. The van der Waals surface area contributed by atoms with Gasteiger partial charge in [-0.25, -0.2) is 17.6 Å². The average molecular weight is 416 g/mol. The normalized spacial score (nSPS) is 12.2. The predicted octanol–water partition coefficient (Wildman–Crippen LogP) is 6.79. The Balaban J connectivity index is 2.25. The van der Waals surface area contributed by atoms with Crippen LogP contribution in [0.4, 0.5) is 17.6 Å². The number of carbonyl (C=O) groups is 1. The summed E-state index contributed by atoms with van der Waals surface area (Å²) in [6.07, 6.45) is 0.327. The van der Waals surface area contributed by atoms with Gasteiger partial charge in [-0.2, -0.15) is 0 Å². The van der Waals surface area contributed by atoms with Gasteiger partial charge in [-0.15, -0.1) is 0 Å². The Hall–Kier alpha value is -3.15. The number of benzene rings is 3. The van der Waals surface area contributed by atoms with Gasteiger partial charge in [-0.3, -0.25) is 4.79 Å². The largest absolute Gasteiger partial charge is 0.481 e. The second kappa shape index (κ2) is 8.69. The Bertz CT molecular complexity index is 982. The molecule has 0 fully saturated rings. The van der Waals surface area contributed by atoms with Crippen LogP contribution in [0.25, 0.3) is 22.3 Å². The summed E-state index contributed by atoms with van der Waals surface area (Å²) in [4.78, 5) is 11.9. The number of hydrogen-bond donors (Lipinski definition) is 1. The van der Waals surface area contributed by atoms with Crippen LogP contribution in [0.15, 0.2) is 54.6 Å². The highest BCUT2D eigenvalue weighted by atomic mass is 19.1. The lowest BCUT2D eigenvalue weighted by Crippen LogP contribution is -2.14. The summed E-state index contributed by atoms with van der Waals surface area (Å²) in [6.45, 7) is 3.76. The molecule has 0 bridgehead atoms. The van der Waals surface area contributed by atoms with E-state index in [0.717, 1.165) is 36.4 Å². The van der Waals surface area contributed by atoms with Crippen LogP contribution in [0.5, 0.6) is 0 Å². The van der Waals surface area contributed by atoms with Gasteiger partial charge in [-0.05, 0) is 70.5 Å². The molecule has 156 valence electrons.